The summed E-state index contributed by atoms with van der Waals surface area (Å²) in [6.07, 6.45) is -3.88. The van der Waals surface area contributed by atoms with Crippen molar-refractivity contribution in [2.45, 2.75) is 38.1 Å². The molecule has 22 heavy (non-hydrogen) atoms. The number of hydrogen-bond donors (Lipinski definition) is 1. The van der Waals surface area contributed by atoms with Crippen LogP contribution < -0.4 is 10.5 Å². The van der Waals surface area contributed by atoms with E-state index in [1.165, 1.54) is 25.1 Å². The summed E-state index contributed by atoms with van der Waals surface area (Å²) in [6.45, 7) is 2.42. The highest BCUT2D eigenvalue weighted by Gasteiger charge is 2.35. The molecule has 0 saturated carbocycles. The van der Waals surface area contributed by atoms with E-state index in [0.29, 0.717) is 13.1 Å². The van der Waals surface area contributed by atoms with Gasteiger partial charge in [-0.3, -0.25) is 4.79 Å². The van der Waals surface area contributed by atoms with Crippen LogP contribution >= 0.6 is 0 Å². The molecule has 1 aromatic rings. The monoisotopic (exact) mass is 316 g/mol. The van der Waals surface area contributed by atoms with Crippen molar-refractivity contribution in [2.24, 2.45) is 5.73 Å². The molecule has 1 aromatic carbocycles. The SMILES string of the molecule is C[C@H](Oc1ccccc1C(F)(F)F)C(=O)N1CCC[C@@H](N)C1. The van der Waals surface area contributed by atoms with Crippen molar-refractivity contribution in [3.8, 4) is 5.75 Å². The second-order valence-electron chi connectivity index (χ2n) is 5.44. The third-order valence-corrected chi connectivity index (χ3v) is 3.61. The summed E-state index contributed by atoms with van der Waals surface area (Å²) in [4.78, 5) is 13.8. The van der Waals surface area contributed by atoms with Crippen LogP contribution in [-0.4, -0.2) is 36.0 Å². The van der Waals surface area contributed by atoms with Crippen LogP contribution in [0.2, 0.25) is 0 Å². The van der Waals surface area contributed by atoms with Gasteiger partial charge in [0, 0.05) is 19.1 Å². The largest absolute Gasteiger partial charge is 0.480 e. The van der Waals surface area contributed by atoms with Crippen LogP contribution in [0.5, 0.6) is 5.75 Å². The van der Waals surface area contributed by atoms with Gasteiger partial charge in [0.2, 0.25) is 0 Å². The molecule has 1 aliphatic rings. The van der Waals surface area contributed by atoms with Crippen molar-refractivity contribution in [3.63, 3.8) is 0 Å². The van der Waals surface area contributed by atoms with E-state index in [9.17, 15) is 18.0 Å². The van der Waals surface area contributed by atoms with E-state index >= 15 is 0 Å². The number of benzene rings is 1. The van der Waals surface area contributed by atoms with E-state index in [2.05, 4.69) is 0 Å². The zero-order chi connectivity index (χ0) is 16.3. The second kappa shape index (κ2) is 6.56. The van der Waals surface area contributed by atoms with Crippen LogP contribution in [0.1, 0.15) is 25.3 Å². The minimum atomic E-state index is -4.52. The first kappa shape index (κ1) is 16.6. The predicted octanol–water partition coefficient (Wildman–Crippen LogP) is 2.42. The summed E-state index contributed by atoms with van der Waals surface area (Å²) in [5, 5.41) is 0. The summed E-state index contributed by atoms with van der Waals surface area (Å²) in [5.41, 5.74) is 4.93. The average molecular weight is 316 g/mol. The predicted molar refractivity (Wildman–Crippen MR) is 75.3 cm³/mol. The fourth-order valence-electron chi connectivity index (χ4n) is 2.51. The number of rotatable bonds is 3. The Morgan fingerprint density at radius 1 is 1.41 bits per heavy atom. The maximum Gasteiger partial charge on any atom is 0.419 e. The number of nitrogens with zero attached hydrogens (tertiary/aromatic N) is 1. The van der Waals surface area contributed by atoms with E-state index in [0.717, 1.165) is 18.9 Å². The van der Waals surface area contributed by atoms with Gasteiger partial charge < -0.3 is 15.4 Å². The van der Waals surface area contributed by atoms with Crippen LogP contribution in [0.4, 0.5) is 13.2 Å². The van der Waals surface area contributed by atoms with Gasteiger partial charge in [-0.15, -0.1) is 0 Å². The first-order valence-corrected chi connectivity index (χ1v) is 7.16. The highest BCUT2D eigenvalue weighted by atomic mass is 19.4. The Bertz CT molecular complexity index is 534. The number of amides is 1. The number of piperidine rings is 1. The minimum absolute atomic E-state index is 0.0904. The molecule has 0 aliphatic carbocycles. The Labute approximate surface area is 127 Å². The number of hydrogen-bond acceptors (Lipinski definition) is 3. The Morgan fingerprint density at radius 2 is 2.09 bits per heavy atom. The zero-order valence-corrected chi connectivity index (χ0v) is 12.3. The summed E-state index contributed by atoms with van der Waals surface area (Å²) >= 11 is 0. The first-order chi connectivity index (χ1) is 10.3. The normalized spacial score (nSPS) is 20.6. The van der Waals surface area contributed by atoms with Gasteiger partial charge in [-0.2, -0.15) is 13.2 Å². The molecular formula is C15H19F3N2O2. The van der Waals surface area contributed by atoms with E-state index in [4.69, 9.17) is 10.5 Å². The van der Waals surface area contributed by atoms with Crippen molar-refractivity contribution in [2.75, 3.05) is 13.1 Å². The van der Waals surface area contributed by atoms with Crippen molar-refractivity contribution < 1.29 is 22.7 Å². The molecule has 1 fully saturated rings. The van der Waals surface area contributed by atoms with Crippen molar-refractivity contribution in [1.82, 2.24) is 4.90 Å². The smallest absolute Gasteiger partial charge is 0.419 e. The number of carbonyl (C=O) groups excluding carboxylic acids is 1. The molecule has 2 rings (SSSR count). The van der Waals surface area contributed by atoms with Gasteiger partial charge >= 0.3 is 6.18 Å². The van der Waals surface area contributed by atoms with Gasteiger partial charge in [-0.05, 0) is 31.9 Å². The molecule has 1 heterocycles. The molecule has 0 aromatic heterocycles. The van der Waals surface area contributed by atoms with Crippen LogP contribution in [0.3, 0.4) is 0 Å². The molecule has 0 unspecified atom stereocenters. The molecular weight excluding hydrogens is 297 g/mol. The van der Waals surface area contributed by atoms with E-state index < -0.39 is 17.8 Å². The number of para-hydroxylation sites is 1. The molecule has 2 atom stereocenters. The first-order valence-electron chi connectivity index (χ1n) is 7.16. The average Bonchev–Trinajstić information content (AvgIpc) is 2.46. The summed E-state index contributed by atoms with van der Waals surface area (Å²) in [7, 11) is 0. The fourth-order valence-corrected chi connectivity index (χ4v) is 2.51. The van der Waals surface area contributed by atoms with Crippen molar-refractivity contribution in [3.05, 3.63) is 29.8 Å². The number of carbonyl (C=O) groups is 1. The quantitative estimate of drug-likeness (QED) is 0.932. The van der Waals surface area contributed by atoms with Crippen LogP contribution in [0, 0.1) is 0 Å². The molecule has 4 nitrogen and oxygen atoms in total. The third kappa shape index (κ3) is 3.91. The highest BCUT2D eigenvalue weighted by molar-refractivity contribution is 5.81. The molecule has 2 N–H and O–H groups in total. The molecule has 0 radical (unpaired) electrons. The van der Waals surface area contributed by atoms with Crippen LogP contribution in [-0.2, 0) is 11.0 Å². The molecule has 1 saturated heterocycles. The van der Waals surface area contributed by atoms with E-state index in [1.807, 2.05) is 0 Å². The fraction of sp³-hybridized carbons (Fsp3) is 0.533. The van der Waals surface area contributed by atoms with E-state index in [-0.39, 0.29) is 17.7 Å². The molecule has 7 heteroatoms. The molecule has 122 valence electrons. The van der Waals surface area contributed by atoms with Crippen LogP contribution in [0.15, 0.2) is 24.3 Å². The van der Waals surface area contributed by atoms with E-state index in [1.54, 1.807) is 4.90 Å². The maximum absolute atomic E-state index is 12.9. The lowest BCUT2D eigenvalue weighted by Crippen LogP contribution is -2.49. The van der Waals surface area contributed by atoms with Crippen LogP contribution in [0.25, 0.3) is 0 Å². The lowest BCUT2D eigenvalue weighted by molar-refractivity contribution is -0.144. The number of likely N-dealkylation sites (tertiary alicyclic amines) is 1. The Balaban J connectivity index is 2.09. The second-order valence-corrected chi connectivity index (χ2v) is 5.44. The standard InChI is InChI=1S/C15H19F3N2O2/c1-10(14(21)20-8-4-5-11(19)9-20)22-13-7-3-2-6-12(13)15(16,17)18/h2-3,6-7,10-11H,4-5,8-9,19H2,1H3/t10-,11+/m0/s1. The Morgan fingerprint density at radius 3 is 2.73 bits per heavy atom. The lowest BCUT2D eigenvalue weighted by atomic mass is 10.1. The topological polar surface area (TPSA) is 55.6 Å². The zero-order valence-electron chi connectivity index (χ0n) is 12.3. The Kier molecular flexibility index (Phi) is 4.95. The van der Waals surface area contributed by atoms with Gasteiger partial charge in [-0.1, -0.05) is 12.1 Å². The van der Waals surface area contributed by atoms with Gasteiger partial charge in [0.1, 0.15) is 5.75 Å². The molecule has 1 amide bonds. The lowest BCUT2D eigenvalue weighted by Gasteiger charge is -2.32. The van der Waals surface area contributed by atoms with Gasteiger partial charge in [0.25, 0.3) is 5.91 Å². The molecule has 0 spiro atoms. The summed E-state index contributed by atoms with van der Waals surface area (Å²) in [6, 6.07) is 4.79. The third-order valence-electron chi connectivity index (χ3n) is 3.61. The number of halogens is 3. The van der Waals surface area contributed by atoms with Gasteiger partial charge in [0.05, 0.1) is 5.56 Å². The number of nitrogens with two attached hydrogens (primary N) is 1. The molecule has 0 bridgehead atoms. The highest BCUT2D eigenvalue weighted by Crippen LogP contribution is 2.36. The summed E-state index contributed by atoms with van der Waals surface area (Å²) in [5.74, 6) is -0.677. The van der Waals surface area contributed by atoms with Gasteiger partial charge in [0.15, 0.2) is 6.10 Å². The number of alkyl halides is 3. The number of ether oxygens (including phenoxy) is 1. The maximum atomic E-state index is 12.9. The van der Waals surface area contributed by atoms with Crippen molar-refractivity contribution in [1.29, 1.82) is 0 Å². The Hall–Kier alpha value is -1.76. The molecule has 1 aliphatic heterocycles. The summed E-state index contributed by atoms with van der Waals surface area (Å²) < 4.78 is 44.0. The minimum Gasteiger partial charge on any atom is -0.480 e. The van der Waals surface area contributed by atoms with Gasteiger partial charge in [-0.25, -0.2) is 0 Å². The van der Waals surface area contributed by atoms with Crippen molar-refractivity contribution >= 4 is 5.91 Å².